The molecule has 1 aromatic heterocycles. The first-order chi connectivity index (χ1) is 10.2. The van der Waals surface area contributed by atoms with Crippen LogP contribution in [0.25, 0.3) is 11.0 Å². The molecule has 0 bridgehead atoms. The second kappa shape index (κ2) is 4.84. The predicted molar refractivity (Wildman–Crippen MR) is 81.2 cm³/mol. The van der Waals surface area contributed by atoms with E-state index in [1.54, 1.807) is 0 Å². The van der Waals surface area contributed by atoms with Crippen LogP contribution < -0.4 is 10.6 Å². The third-order valence-corrected chi connectivity index (χ3v) is 4.35. The number of aromatic nitrogens is 2. The van der Waals surface area contributed by atoms with Crippen molar-refractivity contribution in [1.82, 2.24) is 20.2 Å². The lowest BCUT2D eigenvalue weighted by Crippen LogP contribution is -2.54. The molecular formula is C16H20N4O. The summed E-state index contributed by atoms with van der Waals surface area (Å²) in [6.07, 6.45) is 3.10. The highest BCUT2D eigenvalue weighted by molar-refractivity contribution is 5.83. The summed E-state index contributed by atoms with van der Waals surface area (Å²) in [5.74, 6) is 1.12. The highest BCUT2D eigenvalue weighted by Crippen LogP contribution is 2.39. The topological polar surface area (TPSA) is 59.0 Å². The third-order valence-electron chi connectivity index (χ3n) is 4.35. The molecule has 0 radical (unpaired) electrons. The molecule has 1 aliphatic heterocycles. The molecule has 5 heteroatoms. The van der Waals surface area contributed by atoms with Gasteiger partial charge < -0.3 is 15.2 Å². The van der Waals surface area contributed by atoms with Gasteiger partial charge in [0, 0.05) is 25.6 Å². The number of nitrogens with zero attached hydrogens (tertiary/aromatic N) is 2. The van der Waals surface area contributed by atoms with Crippen molar-refractivity contribution in [2.75, 3.05) is 13.1 Å². The van der Waals surface area contributed by atoms with E-state index in [2.05, 4.69) is 40.3 Å². The molecule has 5 nitrogen and oxygen atoms in total. The Balaban J connectivity index is 1.73. The van der Waals surface area contributed by atoms with Gasteiger partial charge in [0.2, 0.25) is 5.91 Å². The van der Waals surface area contributed by atoms with Crippen LogP contribution in [0.5, 0.6) is 0 Å². The molecule has 1 atom stereocenters. The average molecular weight is 284 g/mol. The minimum Gasteiger partial charge on any atom is -0.353 e. The number of carbonyl (C=O) groups is 1. The molecule has 0 spiro atoms. The van der Waals surface area contributed by atoms with Crippen LogP contribution in [0.15, 0.2) is 18.2 Å². The number of aryl methyl sites for hydroxylation is 1. The Labute approximate surface area is 123 Å². The van der Waals surface area contributed by atoms with Crippen molar-refractivity contribution in [3.8, 4) is 0 Å². The zero-order valence-electron chi connectivity index (χ0n) is 12.2. The molecule has 4 rings (SSSR count). The quantitative estimate of drug-likeness (QED) is 0.893. The molecule has 1 amide bonds. The number of fused-ring (bicyclic) bond motifs is 1. The van der Waals surface area contributed by atoms with Crippen LogP contribution in [0.3, 0.4) is 0 Å². The smallest absolute Gasteiger partial charge is 0.237 e. The first kappa shape index (κ1) is 12.8. The van der Waals surface area contributed by atoms with Gasteiger partial charge in [0.15, 0.2) is 0 Å². The van der Waals surface area contributed by atoms with Gasteiger partial charge in [0.1, 0.15) is 5.82 Å². The maximum Gasteiger partial charge on any atom is 0.237 e. The van der Waals surface area contributed by atoms with Gasteiger partial charge in [0.05, 0.1) is 17.1 Å². The van der Waals surface area contributed by atoms with E-state index in [0.29, 0.717) is 19.0 Å². The van der Waals surface area contributed by atoms with E-state index >= 15 is 0 Å². The molecule has 2 heterocycles. The first-order valence-corrected chi connectivity index (χ1v) is 7.71. The van der Waals surface area contributed by atoms with Crippen LogP contribution in [-0.2, 0) is 11.2 Å². The fourth-order valence-corrected chi connectivity index (χ4v) is 3.14. The van der Waals surface area contributed by atoms with Crippen LogP contribution in [0.4, 0.5) is 0 Å². The van der Waals surface area contributed by atoms with E-state index in [9.17, 15) is 4.79 Å². The Morgan fingerprint density at radius 2 is 2.19 bits per heavy atom. The van der Waals surface area contributed by atoms with Crippen LogP contribution in [0.2, 0.25) is 0 Å². The summed E-state index contributed by atoms with van der Waals surface area (Å²) < 4.78 is 2.35. The van der Waals surface area contributed by atoms with Gasteiger partial charge in [-0.3, -0.25) is 4.79 Å². The van der Waals surface area contributed by atoms with E-state index in [4.69, 9.17) is 4.98 Å². The van der Waals surface area contributed by atoms with Gasteiger partial charge in [-0.05, 0) is 37.5 Å². The van der Waals surface area contributed by atoms with E-state index in [0.717, 1.165) is 17.9 Å². The normalized spacial score (nSPS) is 22.5. The number of piperazine rings is 1. The fourth-order valence-electron chi connectivity index (χ4n) is 3.14. The summed E-state index contributed by atoms with van der Waals surface area (Å²) in [5.41, 5.74) is 3.48. The summed E-state index contributed by atoms with van der Waals surface area (Å²) in [4.78, 5) is 16.8. The zero-order chi connectivity index (χ0) is 14.4. The summed E-state index contributed by atoms with van der Waals surface area (Å²) in [6.45, 7) is 3.64. The van der Waals surface area contributed by atoms with Crippen LogP contribution >= 0.6 is 0 Å². The lowest BCUT2D eigenvalue weighted by Gasteiger charge is -2.23. The van der Waals surface area contributed by atoms with Gasteiger partial charge in [-0.2, -0.15) is 0 Å². The molecule has 2 aromatic rings. The largest absolute Gasteiger partial charge is 0.353 e. The van der Waals surface area contributed by atoms with Gasteiger partial charge in [-0.25, -0.2) is 4.98 Å². The van der Waals surface area contributed by atoms with Gasteiger partial charge in [-0.1, -0.05) is 6.07 Å². The lowest BCUT2D eigenvalue weighted by atomic mass is 10.1. The van der Waals surface area contributed by atoms with Crippen molar-refractivity contribution in [1.29, 1.82) is 0 Å². The monoisotopic (exact) mass is 284 g/mol. The van der Waals surface area contributed by atoms with Crippen molar-refractivity contribution < 1.29 is 4.79 Å². The molecule has 1 saturated heterocycles. The summed E-state index contributed by atoms with van der Waals surface area (Å²) in [5, 5.41) is 6.22. The van der Waals surface area contributed by atoms with Crippen molar-refractivity contribution in [3.63, 3.8) is 0 Å². The maximum absolute atomic E-state index is 12.0. The molecule has 1 aromatic carbocycles. The molecular weight excluding hydrogens is 264 g/mol. The lowest BCUT2D eigenvalue weighted by molar-refractivity contribution is -0.124. The second-order valence-electron chi connectivity index (χ2n) is 6.12. The van der Waals surface area contributed by atoms with E-state index in [-0.39, 0.29) is 11.9 Å². The number of hydrogen-bond acceptors (Lipinski definition) is 3. The summed E-state index contributed by atoms with van der Waals surface area (Å²) in [7, 11) is 0. The van der Waals surface area contributed by atoms with E-state index in [1.165, 1.54) is 23.9 Å². The molecule has 1 aliphatic carbocycles. The number of benzene rings is 1. The number of rotatable bonds is 3. The number of imidazole rings is 1. The average Bonchev–Trinajstić information content (AvgIpc) is 3.23. The standard InChI is InChI=1S/C16H20N4O/c1-10-2-5-14-12(8-10)19-15(20(14)11-3-4-11)9-13-16(21)18-7-6-17-13/h2,5,8,11,13,17H,3-4,6-7,9H2,1H3,(H,18,21). The Hall–Kier alpha value is -1.88. The molecule has 1 unspecified atom stereocenters. The van der Waals surface area contributed by atoms with Gasteiger partial charge in [-0.15, -0.1) is 0 Å². The molecule has 2 aliphatic rings. The summed E-state index contributed by atoms with van der Waals surface area (Å²) in [6, 6.07) is 6.84. The molecule has 2 N–H and O–H groups in total. The predicted octanol–water partition coefficient (Wildman–Crippen LogP) is 1.31. The Morgan fingerprint density at radius 1 is 1.33 bits per heavy atom. The van der Waals surface area contributed by atoms with Crippen molar-refractivity contribution in [3.05, 3.63) is 29.6 Å². The maximum atomic E-state index is 12.0. The SMILES string of the molecule is Cc1ccc2c(c1)nc(CC1NCCNC1=O)n2C1CC1. The Kier molecular flexibility index (Phi) is 2.96. The minimum atomic E-state index is -0.158. The number of carbonyl (C=O) groups excluding carboxylic acids is 1. The summed E-state index contributed by atoms with van der Waals surface area (Å²) >= 11 is 0. The van der Waals surface area contributed by atoms with Gasteiger partial charge in [0.25, 0.3) is 0 Å². The van der Waals surface area contributed by atoms with Crippen LogP contribution in [0, 0.1) is 6.92 Å². The van der Waals surface area contributed by atoms with Crippen molar-refractivity contribution >= 4 is 16.9 Å². The molecule has 2 fully saturated rings. The van der Waals surface area contributed by atoms with Crippen LogP contribution in [0.1, 0.15) is 30.3 Å². The molecule has 21 heavy (non-hydrogen) atoms. The molecule has 110 valence electrons. The zero-order valence-corrected chi connectivity index (χ0v) is 12.2. The number of hydrogen-bond donors (Lipinski definition) is 2. The highest BCUT2D eigenvalue weighted by Gasteiger charge is 2.30. The van der Waals surface area contributed by atoms with E-state index in [1.807, 2.05) is 0 Å². The first-order valence-electron chi connectivity index (χ1n) is 7.71. The van der Waals surface area contributed by atoms with Crippen LogP contribution in [-0.4, -0.2) is 34.6 Å². The Morgan fingerprint density at radius 3 is 2.95 bits per heavy atom. The minimum absolute atomic E-state index is 0.0897. The van der Waals surface area contributed by atoms with Gasteiger partial charge >= 0.3 is 0 Å². The van der Waals surface area contributed by atoms with Crippen molar-refractivity contribution in [2.45, 2.75) is 38.3 Å². The number of nitrogens with one attached hydrogen (secondary N) is 2. The van der Waals surface area contributed by atoms with Crippen molar-refractivity contribution in [2.24, 2.45) is 0 Å². The number of amides is 1. The highest BCUT2D eigenvalue weighted by atomic mass is 16.2. The second-order valence-corrected chi connectivity index (χ2v) is 6.12. The molecule has 1 saturated carbocycles. The Bertz CT molecular complexity index is 702. The third kappa shape index (κ3) is 2.31. The fraction of sp³-hybridized carbons (Fsp3) is 0.500. The van der Waals surface area contributed by atoms with E-state index < -0.39 is 0 Å².